The van der Waals surface area contributed by atoms with E-state index in [2.05, 4.69) is 55.5 Å². The van der Waals surface area contributed by atoms with E-state index in [1.54, 1.807) is 0 Å². The maximum atomic E-state index is 5.97. The van der Waals surface area contributed by atoms with Crippen molar-refractivity contribution < 1.29 is 0 Å². The lowest BCUT2D eigenvalue weighted by Gasteiger charge is -2.10. The van der Waals surface area contributed by atoms with Gasteiger partial charge >= 0.3 is 0 Å². The highest BCUT2D eigenvalue weighted by molar-refractivity contribution is 6.93. The molecule has 0 atom stereocenters. The van der Waals surface area contributed by atoms with Gasteiger partial charge in [-0.15, -0.1) is 0 Å². The van der Waals surface area contributed by atoms with Crippen LogP contribution in [-0.2, 0) is 6.04 Å². The molecule has 0 bridgehead atoms. The lowest BCUT2D eigenvalue weighted by molar-refractivity contribution is 1.37. The first-order valence-corrected chi connectivity index (χ1v) is 8.66. The predicted molar refractivity (Wildman–Crippen MR) is 74.7 cm³/mol. The van der Waals surface area contributed by atoms with E-state index in [1.807, 2.05) is 0 Å². The van der Waals surface area contributed by atoms with E-state index in [4.69, 9.17) is 11.1 Å². The van der Waals surface area contributed by atoms with E-state index in [0.29, 0.717) is 0 Å². The van der Waals surface area contributed by atoms with Gasteiger partial charge < -0.3 is 0 Å². The molecule has 0 nitrogen and oxygen atoms in total. The second-order valence-electron chi connectivity index (χ2n) is 3.91. The van der Waals surface area contributed by atoms with Crippen LogP contribution in [0.25, 0.3) is 11.1 Å². The summed E-state index contributed by atoms with van der Waals surface area (Å²) in [6.45, 7) is 2.16. The summed E-state index contributed by atoms with van der Waals surface area (Å²) >= 11 is 5.97. The molecule has 2 heteroatoms. The predicted octanol–water partition coefficient (Wildman–Crippen LogP) is 3.48. The van der Waals surface area contributed by atoms with Crippen molar-refractivity contribution in [3.63, 3.8) is 0 Å². The van der Waals surface area contributed by atoms with Crippen LogP contribution in [0.2, 0.25) is 0 Å². The fourth-order valence-corrected chi connectivity index (χ4v) is 3.23. The average Bonchev–Trinajstić information content (AvgIpc) is 2.31. The summed E-state index contributed by atoms with van der Waals surface area (Å²) in [4.78, 5) is 0. The molecule has 0 heterocycles. The van der Waals surface area contributed by atoms with Gasteiger partial charge in [-0.3, -0.25) is 0 Å². The maximum Gasteiger partial charge on any atom is 0.129 e. The van der Waals surface area contributed by atoms with Crippen LogP contribution in [0.1, 0.15) is 11.1 Å². The third-order valence-corrected chi connectivity index (χ3v) is 4.11. The molecule has 0 aliphatic carbocycles. The smallest absolute Gasteiger partial charge is 0.129 e. The van der Waals surface area contributed by atoms with Crippen molar-refractivity contribution in [3.8, 4) is 11.1 Å². The first-order valence-electron chi connectivity index (χ1n) is 5.53. The average molecular weight is 247 g/mol. The Morgan fingerprint density at radius 2 is 1.56 bits per heavy atom. The van der Waals surface area contributed by atoms with Crippen molar-refractivity contribution in [3.05, 3.63) is 59.7 Å². The molecular formula is C14H15ClSi. The van der Waals surface area contributed by atoms with Crippen LogP contribution in [0.3, 0.4) is 0 Å². The van der Waals surface area contributed by atoms with Gasteiger partial charge in [-0.05, 0) is 35.2 Å². The van der Waals surface area contributed by atoms with E-state index >= 15 is 0 Å². The van der Waals surface area contributed by atoms with Gasteiger partial charge in [0.2, 0.25) is 0 Å². The number of aryl methyl sites for hydroxylation is 1. The van der Waals surface area contributed by atoms with Gasteiger partial charge in [-0.1, -0.05) is 48.5 Å². The van der Waals surface area contributed by atoms with Gasteiger partial charge in [0.05, 0.1) is 0 Å². The summed E-state index contributed by atoms with van der Waals surface area (Å²) in [7, 11) is -0.451. The lowest BCUT2D eigenvalue weighted by atomic mass is 9.97. The fraction of sp³-hybridized carbons (Fsp3) is 0.143. The molecule has 16 heavy (non-hydrogen) atoms. The van der Waals surface area contributed by atoms with E-state index in [-0.39, 0.29) is 0 Å². The molecule has 0 saturated heterocycles. The zero-order chi connectivity index (χ0) is 11.4. The number of hydrogen-bond acceptors (Lipinski definition) is 0. The van der Waals surface area contributed by atoms with Crippen molar-refractivity contribution in [1.29, 1.82) is 0 Å². The summed E-state index contributed by atoms with van der Waals surface area (Å²) in [5.41, 5.74) is 5.38. The first kappa shape index (κ1) is 11.4. The topological polar surface area (TPSA) is 0 Å². The van der Waals surface area contributed by atoms with Gasteiger partial charge in [-0.25, -0.2) is 0 Å². The standard InChI is InChI=1S/C14H15ClSi/c1-11-6-2-4-8-13(11)14-9-5-3-7-12(14)10-16-15/h2-9H,10,16H2,1H3. The minimum Gasteiger partial charge on any atom is -0.176 e. The summed E-state index contributed by atoms with van der Waals surface area (Å²) in [5.74, 6) is 0. The third kappa shape index (κ3) is 2.37. The highest BCUT2D eigenvalue weighted by atomic mass is 35.6. The van der Waals surface area contributed by atoms with Crippen LogP contribution in [0.15, 0.2) is 48.5 Å². The van der Waals surface area contributed by atoms with Gasteiger partial charge in [-0.2, -0.15) is 11.1 Å². The monoisotopic (exact) mass is 246 g/mol. The highest BCUT2D eigenvalue weighted by Crippen LogP contribution is 2.26. The second-order valence-corrected chi connectivity index (χ2v) is 5.92. The molecule has 82 valence electrons. The van der Waals surface area contributed by atoms with Crippen molar-refractivity contribution in [2.45, 2.75) is 13.0 Å². The molecule has 0 amide bonds. The molecule has 2 rings (SSSR count). The van der Waals surface area contributed by atoms with Crippen molar-refractivity contribution >= 4 is 19.9 Å². The van der Waals surface area contributed by atoms with Crippen LogP contribution in [-0.4, -0.2) is 8.83 Å². The quantitative estimate of drug-likeness (QED) is 0.575. The fourth-order valence-electron chi connectivity index (χ4n) is 1.98. The van der Waals surface area contributed by atoms with Gasteiger partial charge in [0.25, 0.3) is 0 Å². The Morgan fingerprint density at radius 3 is 2.25 bits per heavy atom. The number of halogens is 1. The second kappa shape index (κ2) is 5.33. The maximum absolute atomic E-state index is 5.97. The van der Waals surface area contributed by atoms with Crippen LogP contribution < -0.4 is 0 Å². The zero-order valence-electron chi connectivity index (χ0n) is 9.41. The molecule has 0 aromatic heterocycles. The minimum absolute atomic E-state index is 0.451. The summed E-state index contributed by atoms with van der Waals surface area (Å²) in [6, 6.07) is 18.2. The zero-order valence-corrected chi connectivity index (χ0v) is 11.6. The molecule has 0 aliphatic heterocycles. The van der Waals surface area contributed by atoms with E-state index in [0.717, 1.165) is 6.04 Å². The van der Waals surface area contributed by atoms with Gasteiger partial charge in [0.1, 0.15) is 8.83 Å². The van der Waals surface area contributed by atoms with Crippen LogP contribution in [0.5, 0.6) is 0 Å². The number of rotatable bonds is 3. The van der Waals surface area contributed by atoms with Crippen molar-refractivity contribution in [2.24, 2.45) is 0 Å². The Balaban J connectivity index is 2.51. The van der Waals surface area contributed by atoms with Gasteiger partial charge in [0, 0.05) is 0 Å². The normalized spacial score (nSPS) is 11.1. The van der Waals surface area contributed by atoms with Crippen LogP contribution in [0.4, 0.5) is 0 Å². The molecular weight excluding hydrogens is 232 g/mol. The van der Waals surface area contributed by atoms with E-state index in [9.17, 15) is 0 Å². The molecule has 0 saturated carbocycles. The molecule has 0 aliphatic rings. The number of hydrogen-bond donors (Lipinski definition) is 0. The van der Waals surface area contributed by atoms with Crippen molar-refractivity contribution in [2.75, 3.05) is 0 Å². The first-order chi connectivity index (χ1) is 7.83. The van der Waals surface area contributed by atoms with E-state index in [1.165, 1.54) is 22.3 Å². The van der Waals surface area contributed by atoms with Gasteiger partial charge in [0.15, 0.2) is 0 Å². The molecule has 2 aromatic carbocycles. The minimum atomic E-state index is -0.451. The summed E-state index contributed by atoms with van der Waals surface area (Å²) in [5, 5.41) is 0. The Morgan fingerprint density at radius 1 is 0.938 bits per heavy atom. The largest absolute Gasteiger partial charge is 0.176 e. The van der Waals surface area contributed by atoms with Crippen LogP contribution >= 0.6 is 11.1 Å². The lowest BCUT2D eigenvalue weighted by Crippen LogP contribution is -1.94. The number of benzene rings is 2. The van der Waals surface area contributed by atoms with Crippen molar-refractivity contribution in [1.82, 2.24) is 0 Å². The molecule has 0 N–H and O–H groups in total. The Kier molecular flexibility index (Phi) is 3.81. The Bertz CT molecular complexity index is 480. The summed E-state index contributed by atoms with van der Waals surface area (Å²) in [6.07, 6.45) is 0. The Hall–Kier alpha value is -1.05. The Labute approximate surface area is 104 Å². The third-order valence-electron chi connectivity index (χ3n) is 2.82. The molecule has 2 aromatic rings. The SMILES string of the molecule is Cc1ccccc1-c1ccccc1C[SiH2]Cl. The van der Waals surface area contributed by atoms with Crippen LogP contribution in [0, 0.1) is 6.92 Å². The van der Waals surface area contributed by atoms with E-state index < -0.39 is 8.83 Å². The molecule has 0 spiro atoms. The molecule has 0 radical (unpaired) electrons. The molecule has 0 fully saturated rings. The molecule has 0 unspecified atom stereocenters. The highest BCUT2D eigenvalue weighted by Gasteiger charge is 2.05. The summed E-state index contributed by atoms with van der Waals surface area (Å²) < 4.78 is 0.